The average Bonchev–Trinajstić information content (AvgIpc) is 2.33. The van der Waals surface area contributed by atoms with E-state index in [9.17, 15) is 0 Å². The summed E-state index contributed by atoms with van der Waals surface area (Å²) in [5, 5.41) is 0.473. The molecule has 0 saturated carbocycles. The van der Waals surface area contributed by atoms with Gasteiger partial charge in [0, 0.05) is 32.2 Å². The first kappa shape index (κ1) is 13.1. The maximum atomic E-state index is 5.98. The lowest BCUT2D eigenvalue weighted by molar-refractivity contribution is 0.209. The molecule has 1 aromatic rings. The van der Waals surface area contributed by atoms with Crippen LogP contribution in [0.15, 0.2) is 10.8 Å². The Kier molecular flexibility index (Phi) is 4.22. The zero-order chi connectivity index (χ0) is 12.4. The summed E-state index contributed by atoms with van der Waals surface area (Å²) in [6, 6.07) is 0.606. The Bertz CT molecular complexity index is 391. The van der Waals surface area contributed by atoms with Crippen molar-refractivity contribution in [1.29, 1.82) is 0 Å². The second-order valence-corrected chi connectivity index (χ2v) is 5.57. The monoisotopic (exact) mass is 318 g/mol. The van der Waals surface area contributed by atoms with Crippen molar-refractivity contribution in [2.24, 2.45) is 0 Å². The van der Waals surface area contributed by atoms with E-state index < -0.39 is 0 Å². The van der Waals surface area contributed by atoms with Crippen molar-refractivity contribution >= 4 is 33.3 Å². The van der Waals surface area contributed by atoms with E-state index in [1.165, 1.54) is 6.33 Å². The van der Waals surface area contributed by atoms with Crippen LogP contribution >= 0.6 is 27.5 Å². The molecule has 0 aromatic carbocycles. The molecule has 0 unspecified atom stereocenters. The molecule has 0 atom stereocenters. The molecule has 0 bridgehead atoms. The van der Waals surface area contributed by atoms with E-state index >= 15 is 0 Å². The van der Waals surface area contributed by atoms with Crippen molar-refractivity contribution in [1.82, 2.24) is 14.9 Å². The molecule has 2 heterocycles. The van der Waals surface area contributed by atoms with Crippen LogP contribution in [-0.4, -0.2) is 47.1 Å². The van der Waals surface area contributed by atoms with Gasteiger partial charge in [0.2, 0.25) is 0 Å². The number of rotatable bonds is 2. The van der Waals surface area contributed by atoms with Crippen LogP contribution in [0.2, 0.25) is 5.15 Å². The normalized spacial score (nSPS) is 17.8. The molecule has 0 amide bonds. The standard InChI is InChI=1S/C11H16BrClN4/c1-8(2)16-3-5-17(6-4-16)11-9(12)10(13)14-7-15-11/h7-8H,3-6H2,1-2H3. The smallest absolute Gasteiger partial charge is 0.148 e. The van der Waals surface area contributed by atoms with Crippen molar-refractivity contribution in [3.8, 4) is 0 Å². The van der Waals surface area contributed by atoms with Crippen LogP contribution < -0.4 is 4.90 Å². The fraction of sp³-hybridized carbons (Fsp3) is 0.636. The Morgan fingerprint density at radius 2 is 1.88 bits per heavy atom. The molecular weight excluding hydrogens is 304 g/mol. The highest BCUT2D eigenvalue weighted by Gasteiger charge is 2.22. The van der Waals surface area contributed by atoms with Gasteiger partial charge in [-0.05, 0) is 29.8 Å². The van der Waals surface area contributed by atoms with Crippen LogP contribution in [0, 0.1) is 0 Å². The number of hydrogen-bond donors (Lipinski definition) is 0. The fourth-order valence-electron chi connectivity index (χ4n) is 2.01. The van der Waals surface area contributed by atoms with Gasteiger partial charge >= 0.3 is 0 Å². The molecule has 6 heteroatoms. The summed E-state index contributed by atoms with van der Waals surface area (Å²) in [7, 11) is 0. The van der Waals surface area contributed by atoms with Gasteiger partial charge in [-0.25, -0.2) is 9.97 Å². The van der Waals surface area contributed by atoms with E-state index in [1.54, 1.807) is 0 Å². The molecule has 1 fully saturated rings. The molecule has 1 aromatic heterocycles. The van der Waals surface area contributed by atoms with Crippen molar-refractivity contribution in [2.45, 2.75) is 19.9 Å². The van der Waals surface area contributed by atoms with Crippen molar-refractivity contribution in [3.63, 3.8) is 0 Å². The number of hydrogen-bond acceptors (Lipinski definition) is 4. The number of halogens is 2. The van der Waals surface area contributed by atoms with E-state index in [-0.39, 0.29) is 0 Å². The predicted octanol–water partition coefficient (Wildman–Crippen LogP) is 2.42. The highest BCUT2D eigenvalue weighted by Crippen LogP contribution is 2.29. The van der Waals surface area contributed by atoms with E-state index in [1.807, 2.05) is 0 Å². The molecule has 94 valence electrons. The fourth-order valence-corrected chi connectivity index (χ4v) is 2.59. The third-order valence-corrected chi connectivity index (χ3v) is 4.32. The highest BCUT2D eigenvalue weighted by molar-refractivity contribution is 9.10. The Morgan fingerprint density at radius 3 is 2.47 bits per heavy atom. The maximum absolute atomic E-state index is 5.98. The summed E-state index contributed by atoms with van der Waals surface area (Å²) in [5.74, 6) is 0.897. The molecule has 1 saturated heterocycles. The van der Waals surface area contributed by atoms with Crippen LogP contribution in [0.25, 0.3) is 0 Å². The Labute approximate surface area is 115 Å². The second-order valence-electron chi connectivity index (χ2n) is 4.42. The first-order valence-electron chi connectivity index (χ1n) is 5.74. The lowest BCUT2D eigenvalue weighted by atomic mass is 10.2. The van der Waals surface area contributed by atoms with Crippen LogP contribution in [0.3, 0.4) is 0 Å². The second kappa shape index (κ2) is 5.50. The van der Waals surface area contributed by atoms with E-state index in [0.717, 1.165) is 36.5 Å². The zero-order valence-corrected chi connectivity index (χ0v) is 12.4. The zero-order valence-electron chi connectivity index (χ0n) is 10.0. The summed E-state index contributed by atoms with van der Waals surface area (Å²) in [4.78, 5) is 13.0. The largest absolute Gasteiger partial charge is 0.353 e. The lowest BCUT2D eigenvalue weighted by Crippen LogP contribution is -2.49. The topological polar surface area (TPSA) is 32.3 Å². The van der Waals surface area contributed by atoms with Crippen LogP contribution in [0.4, 0.5) is 5.82 Å². The molecule has 0 spiro atoms. The van der Waals surface area contributed by atoms with Crippen molar-refractivity contribution < 1.29 is 0 Å². The molecule has 4 nitrogen and oxygen atoms in total. The van der Waals surface area contributed by atoms with Gasteiger partial charge in [0.25, 0.3) is 0 Å². The van der Waals surface area contributed by atoms with Gasteiger partial charge in [-0.3, -0.25) is 4.90 Å². The Balaban J connectivity index is 2.08. The quantitative estimate of drug-likeness (QED) is 0.784. The Morgan fingerprint density at radius 1 is 1.24 bits per heavy atom. The van der Waals surface area contributed by atoms with Crippen molar-refractivity contribution in [3.05, 3.63) is 16.0 Å². The van der Waals surface area contributed by atoms with Gasteiger partial charge in [0.05, 0.1) is 4.47 Å². The van der Waals surface area contributed by atoms with E-state index in [4.69, 9.17) is 11.6 Å². The molecule has 17 heavy (non-hydrogen) atoms. The molecular formula is C11H16BrClN4. The van der Waals surface area contributed by atoms with Gasteiger partial charge in [-0.2, -0.15) is 0 Å². The van der Waals surface area contributed by atoms with E-state index in [0.29, 0.717) is 11.2 Å². The molecule has 1 aliphatic heterocycles. The summed E-state index contributed by atoms with van der Waals surface area (Å²) in [5.41, 5.74) is 0. The minimum atomic E-state index is 0.473. The maximum Gasteiger partial charge on any atom is 0.148 e. The molecule has 0 aliphatic carbocycles. The summed E-state index contributed by atoms with van der Waals surface area (Å²) >= 11 is 9.42. The highest BCUT2D eigenvalue weighted by atomic mass is 79.9. The summed E-state index contributed by atoms with van der Waals surface area (Å²) in [6.07, 6.45) is 1.51. The van der Waals surface area contributed by atoms with Crippen molar-refractivity contribution in [2.75, 3.05) is 31.1 Å². The lowest BCUT2D eigenvalue weighted by Gasteiger charge is -2.37. The van der Waals surface area contributed by atoms with Gasteiger partial charge < -0.3 is 4.90 Å². The van der Waals surface area contributed by atoms with Gasteiger partial charge in [0.1, 0.15) is 17.3 Å². The van der Waals surface area contributed by atoms with Gasteiger partial charge in [-0.1, -0.05) is 11.6 Å². The van der Waals surface area contributed by atoms with Crippen LogP contribution in [0.5, 0.6) is 0 Å². The average molecular weight is 320 g/mol. The first-order valence-corrected chi connectivity index (χ1v) is 6.91. The van der Waals surface area contributed by atoms with Gasteiger partial charge in [0.15, 0.2) is 0 Å². The third-order valence-electron chi connectivity index (χ3n) is 3.07. The molecule has 0 N–H and O–H groups in total. The molecule has 1 aliphatic rings. The number of nitrogens with zero attached hydrogens (tertiary/aromatic N) is 4. The van der Waals surface area contributed by atoms with Crippen LogP contribution in [-0.2, 0) is 0 Å². The minimum Gasteiger partial charge on any atom is -0.353 e. The predicted molar refractivity (Wildman–Crippen MR) is 73.7 cm³/mol. The molecule has 0 radical (unpaired) electrons. The molecule has 2 rings (SSSR count). The Hall–Kier alpha value is -0.390. The SMILES string of the molecule is CC(C)N1CCN(c2ncnc(Cl)c2Br)CC1. The summed E-state index contributed by atoms with van der Waals surface area (Å²) < 4.78 is 0.791. The van der Waals surface area contributed by atoms with Gasteiger partial charge in [-0.15, -0.1) is 0 Å². The summed E-state index contributed by atoms with van der Waals surface area (Å²) in [6.45, 7) is 8.53. The number of aromatic nitrogens is 2. The minimum absolute atomic E-state index is 0.473. The first-order chi connectivity index (χ1) is 8.09. The van der Waals surface area contributed by atoms with Crippen LogP contribution in [0.1, 0.15) is 13.8 Å². The number of piperazine rings is 1. The third kappa shape index (κ3) is 2.89. The van der Waals surface area contributed by atoms with E-state index in [2.05, 4.69) is 49.5 Å². The number of anilines is 1.